The van der Waals surface area contributed by atoms with Gasteiger partial charge in [0.2, 0.25) is 5.91 Å². The van der Waals surface area contributed by atoms with E-state index in [4.69, 9.17) is 4.74 Å². The molecule has 0 radical (unpaired) electrons. The van der Waals surface area contributed by atoms with E-state index in [9.17, 15) is 19.2 Å². The van der Waals surface area contributed by atoms with Gasteiger partial charge in [-0.25, -0.2) is 4.79 Å². The number of thiophene rings is 1. The molecule has 0 aliphatic rings. The first-order chi connectivity index (χ1) is 15.5. The van der Waals surface area contributed by atoms with Crippen LogP contribution in [0.2, 0.25) is 0 Å². The molecule has 2 aromatic carbocycles. The lowest BCUT2D eigenvalue weighted by atomic mass is 10.1. The standard InChI is InChI=1S/C24H22N2O5S/c1-2-4-22(28)25-18-10-6-16(7-11-18)20(27)15-31-24(30)17-8-12-19(13-9-17)26-23(29)21-5-3-14-32-21/h3,5-14H,2,4,15H2,1H3,(H,25,28)(H,26,29). The highest BCUT2D eigenvalue weighted by atomic mass is 32.1. The average molecular weight is 451 g/mol. The molecule has 0 saturated carbocycles. The zero-order valence-electron chi connectivity index (χ0n) is 17.4. The molecule has 2 N–H and O–H groups in total. The van der Waals surface area contributed by atoms with Gasteiger partial charge >= 0.3 is 5.97 Å². The van der Waals surface area contributed by atoms with Crippen LogP contribution in [0.5, 0.6) is 0 Å². The van der Waals surface area contributed by atoms with E-state index in [2.05, 4.69) is 10.6 Å². The van der Waals surface area contributed by atoms with Crippen molar-refractivity contribution >= 4 is 46.3 Å². The van der Waals surface area contributed by atoms with Crippen molar-refractivity contribution in [3.05, 3.63) is 82.0 Å². The number of ketones is 1. The maximum Gasteiger partial charge on any atom is 0.338 e. The molecule has 2 amide bonds. The second-order valence-corrected chi connectivity index (χ2v) is 7.83. The zero-order chi connectivity index (χ0) is 22.9. The molecule has 0 bridgehead atoms. The minimum absolute atomic E-state index is 0.0855. The van der Waals surface area contributed by atoms with Crippen molar-refractivity contribution in [2.75, 3.05) is 17.2 Å². The van der Waals surface area contributed by atoms with Crippen LogP contribution in [0, 0.1) is 0 Å². The molecule has 3 rings (SSSR count). The predicted molar refractivity (Wildman–Crippen MR) is 123 cm³/mol. The first-order valence-electron chi connectivity index (χ1n) is 10.0. The van der Waals surface area contributed by atoms with Crippen LogP contribution in [0.3, 0.4) is 0 Å². The number of Topliss-reactive ketones (excluding diaryl/α,β-unsaturated/α-hetero) is 1. The number of carbonyl (C=O) groups excluding carboxylic acids is 4. The van der Waals surface area contributed by atoms with Crippen molar-refractivity contribution in [1.82, 2.24) is 0 Å². The molecule has 8 heteroatoms. The van der Waals surface area contributed by atoms with Crippen LogP contribution < -0.4 is 10.6 Å². The summed E-state index contributed by atoms with van der Waals surface area (Å²) in [6.07, 6.45) is 1.18. The topological polar surface area (TPSA) is 102 Å². The number of nitrogens with one attached hydrogen (secondary N) is 2. The fourth-order valence-corrected chi connectivity index (χ4v) is 3.40. The normalized spacial score (nSPS) is 10.3. The number of hydrogen-bond acceptors (Lipinski definition) is 6. The Morgan fingerprint density at radius 2 is 1.47 bits per heavy atom. The lowest BCUT2D eigenvalue weighted by molar-refractivity contribution is -0.116. The van der Waals surface area contributed by atoms with E-state index in [1.807, 2.05) is 12.3 Å². The van der Waals surface area contributed by atoms with Gasteiger partial charge < -0.3 is 15.4 Å². The van der Waals surface area contributed by atoms with Crippen molar-refractivity contribution in [3.63, 3.8) is 0 Å². The number of anilines is 2. The van der Waals surface area contributed by atoms with Crippen LogP contribution in [0.25, 0.3) is 0 Å². The molecule has 0 saturated heterocycles. The fraction of sp³-hybridized carbons (Fsp3) is 0.167. The Bertz CT molecular complexity index is 1090. The third-order valence-electron chi connectivity index (χ3n) is 4.43. The van der Waals surface area contributed by atoms with Gasteiger partial charge in [0.25, 0.3) is 5.91 Å². The summed E-state index contributed by atoms with van der Waals surface area (Å²) in [5.74, 6) is -1.31. The SMILES string of the molecule is CCCC(=O)Nc1ccc(C(=O)COC(=O)c2ccc(NC(=O)c3cccs3)cc2)cc1. The number of esters is 1. The Morgan fingerprint density at radius 1 is 0.844 bits per heavy atom. The van der Waals surface area contributed by atoms with Crippen molar-refractivity contribution in [3.8, 4) is 0 Å². The van der Waals surface area contributed by atoms with Crippen LogP contribution in [0.1, 0.15) is 50.2 Å². The monoisotopic (exact) mass is 450 g/mol. The van der Waals surface area contributed by atoms with E-state index in [1.165, 1.54) is 23.5 Å². The molecule has 0 fully saturated rings. The van der Waals surface area contributed by atoms with Gasteiger partial charge in [0.05, 0.1) is 10.4 Å². The smallest absolute Gasteiger partial charge is 0.338 e. The van der Waals surface area contributed by atoms with E-state index < -0.39 is 12.6 Å². The lowest BCUT2D eigenvalue weighted by Gasteiger charge is -2.08. The van der Waals surface area contributed by atoms with Crippen LogP contribution in [-0.4, -0.2) is 30.2 Å². The maximum atomic E-state index is 12.3. The summed E-state index contributed by atoms with van der Waals surface area (Å²) in [6.45, 7) is 1.51. The van der Waals surface area contributed by atoms with E-state index in [1.54, 1.807) is 48.5 Å². The first-order valence-corrected chi connectivity index (χ1v) is 10.9. The predicted octanol–water partition coefficient (Wildman–Crippen LogP) is 4.78. The summed E-state index contributed by atoms with van der Waals surface area (Å²) in [7, 11) is 0. The molecule has 3 aromatic rings. The van der Waals surface area contributed by atoms with Gasteiger partial charge in [0.1, 0.15) is 0 Å². The van der Waals surface area contributed by atoms with Crippen molar-refractivity contribution < 1.29 is 23.9 Å². The number of benzene rings is 2. The Labute approximate surface area is 189 Å². The fourth-order valence-electron chi connectivity index (χ4n) is 2.78. The van der Waals surface area contributed by atoms with Gasteiger partial charge in [0, 0.05) is 23.4 Å². The quantitative estimate of drug-likeness (QED) is 0.361. The van der Waals surface area contributed by atoms with Gasteiger partial charge in [-0.2, -0.15) is 0 Å². The molecule has 0 unspecified atom stereocenters. The molecule has 164 valence electrons. The van der Waals surface area contributed by atoms with Crippen LogP contribution >= 0.6 is 11.3 Å². The van der Waals surface area contributed by atoms with Gasteiger partial charge in [-0.15, -0.1) is 11.3 Å². The van der Waals surface area contributed by atoms with Crippen LogP contribution in [0.4, 0.5) is 11.4 Å². The summed E-state index contributed by atoms with van der Waals surface area (Å²) >= 11 is 1.33. The molecule has 1 aromatic heterocycles. The molecular formula is C24H22N2O5S. The largest absolute Gasteiger partial charge is 0.454 e. The minimum Gasteiger partial charge on any atom is -0.454 e. The van der Waals surface area contributed by atoms with Gasteiger partial charge in [0.15, 0.2) is 12.4 Å². The Kier molecular flexibility index (Phi) is 7.88. The average Bonchev–Trinajstić information content (AvgIpc) is 3.33. The summed E-state index contributed by atoms with van der Waals surface area (Å²) < 4.78 is 5.11. The highest BCUT2D eigenvalue weighted by Gasteiger charge is 2.13. The summed E-state index contributed by atoms with van der Waals surface area (Å²) in [5, 5.41) is 7.30. The Hall–Kier alpha value is -3.78. The van der Waals surface area contributed by atoms with E-state index in [-0.39, 0.29) is 23.2 Å². The summed E-state index contributed by atoms with van der Waals surface area (Å²) in [4.78, 5) is 48.8. The van der Waals surface area contributed by atoms with E-state index in [0.29, 0.717) is 28.2 Å². The first kappa shape index (κ1) is 22.9. The third-order valence-corrected chi connectivity index (χ3v) is 5.29. The minimum atomic E-state index is -0.641. The number of rotatable bonds is 9. The van der Waals surface area contributed by atoms with Crippen molar-refractivity contribution in [2.24, 2.45) is 0 Å². The summed E-state index contributed by atoms with van der Waals surface area (Å²) in [6, 6.07) is 16.1. The highest BCUT2D eigenvalue weighted by Crippen LogP contribution is 2.15. The molecule has 0 spiro atoms. The van der Waals surface area contributed by atoms with E-state index in [0.717, 1.165) is 6.42 Å². The number of hydrogen-bond donors (Lipinski definition) is 2. The van der Waals surface area contributed by atoms with Crippen LogP contribution in [-0.2, 0) is 9.53 Å². The van der Waals surface area contributed by atoms with Crippen molar-refractivity contribution in [1.29, 1.82) is 0 Å². The number of amides is 2. The molecule has 1 heterocycles. The van der Waals surface area contributed by atoms with E-state index >= 15 is 0 Å². The summed E-state index contributed by atoms with van der Waals surface area (Å²) in [5.41, 5.74) is 1.78. The maximum absolute atomic E-state index is 12.3. The molecule has 0 aliphatic carbocycles. The third kappa shape index (κ3) is 6.36. The van der Waals surface area contributed by atoms with Crippen LogP contribution in [0.15, 0.2) is 66.0 Å². The van der Waals surface area contributed by atoms with Gasteiger partial charge in [-0.05, 0) is 66.4 Å². The number of ether oxygens (including phenoxy) is 1. The Balaban J connectivity index is 1.50. The van der Waals surface area contributed by atoms with Crippen molar-refractivity contribution in [2.45, 2.75) is 19.8 Å². The molecule has 7 nitrogen and oxygen atoms in total. The van der Waals surface area contributed by atoms with Gasteiger partial charge in [-0.1, -0.05) is 13.0 Å². The molecular weight excluding hydrogens is 428 g/mol. The molecule has 0 aliphatic heterocycles. The second-order valence-electron chi connectivity index (χ2n) is 6.88. The van der Waals surface area contributed by atoms with Gasteiger partial charge in [-0.3, -0.25) is 14.4 Å². The second kappa shape index (κ2) is 11.0. The highest BCUT2D eigenvalue weighted by molar-refractivity contribution is 7.12. The Morgan fingerprint density at radius 3 is 2.06 bits per heavy atom. The number of carbonyl (C=O) groups is 4. The molecule has 0 atom stereocenters. The molecule has 32 heavy (non-hydrogen) atoms. The lowest BCUT2D eigenvalue weighted by Crippen LogP contribution is -2.15. The zero-order valence-corrected chi connectivity index (χ0v) is 18.2.